The molecule has 0 aromatic carbocycles. The number of pyridine rings is 1. The highest BCUT2D eigenvalue weighted by molar-refractivity contribution is 5.40. The Morgan fingerprint density at radius 3 is 2.38 bits per heavy atom. The zero-order chi connectivity index (χ0) is 12.4. The molecule has 1 heterocycles. The van der Waals surface area contributed by atoms with Crippen LogP contribution in [0.3, 0.4) is 0 Å². The lowest BCUT2D eigenvalue weighted by Crippen LogP contribution is -2.51. The van der Waals surface area contributed by atoms with Crippen LogP contribution < -0.4 is 10.1 Å². The molecule has 0 bridgehead atoms. The molecule has 90 valence electrons. The number of methoxy groups -OCH3 is 1. The van der Waals surface area contributed by atoms with Gasteiger partial charge in [-0.3, -0.25) is 0 Å². The van der Waals surface area contributed by atoms with Crippen LogP contribution in [0, 0.1) is 0 Å². The standard InChI is InChI=1S/C12H20N2O2/c1-11(2,12(3,4)15)14-9-7-6-8-10(13-9)16-5/h6-8,15H,1-5H3,(H,13,14). The van der Waals surface area contributed by atoms with Crippen LogP contribution in [0.15, 0.2) is 18.2 Å². The molecule has 1 aromatic heterocycles. The van der Waals surface area contributed by atoms with Crippen molar-refractivity contribution in [2.45, 2.75) is 38.8 Å². The summed E-state index contributed by atoms with van der Waals surface area (Å²) >= 11 is 0. The van der Waals surface area contributed by atoms with Crippen LogP contribution in [-0.4, -0.2) is 28.3 Å². The zero-order valence-corrected chi connectivity index (χ0v) is 10.5. The van der Waals surface area contributed by atoms with Gasteiger partial charge in [-0.15, -0.1) is 0 Å². The van der Waals surface area contributed by atoms with E-state index < -0.39 is 11.1 Å². The largest absolute Gasteiger partial charge is 0.481 e. The Labute approximate surface area is 96.7 Å². The number of hydrogen-bond donors (Lipinski definition) is 2. The van der Waals surface area contributed by atoms with Gasteiger partial charge < -0.3 is 15.2 Å². The van der Waals surface area contributed by atoms with Crippen LogP contribution in [0.4, 0.5) is 5.82 Å². The predicted octanol–water partition coefficient (Wildman–Crippen LogP) is 2.05. The van der Waals surface area contributed by atoms with Gasteiger partial charge in [0.2, 0.25) is 5.88 Å². The molecule has 0 amide bonds. The van der Waals surface area contributed by atoms with E-state index in [1.165, 1.54) is 0 Å². The van der Waals surface area contributed by atoms with Crippen LogP contribution >= 0.6 is 0 Å². The van der Waals surface area contributed by atoms with Crippen LogP contribution in [0.5, 0.6) is 5.88 Å². The topological polar surface area (TPSA) is 54.4 Å². The molecule has 0 unspecified atom stereocenters. The van der Waals surface area contributed by atoms with Crippen molar-refractivity contribution in [3.05, 3.63) is 18.2 Å². The molecule has 0 radical (unpaired) electrons. The molecule has 1 rings (SSSR count). The van der Waals surface area contributed by atoms with Crippen LogP contribution in [0.25, 0.3) is 0 Å². The third-order valence-electron chi connectivity index (χ3n) is 2.90. The van der Waals surface area contributed by atoms with Crippen molar-refractivity contribution in [1.29, 1.82) is 0 Å². The fraction of sp³-hybridized carbons (Fsp3) is 0.583. The van der Waals surface area contributed by atoms with Gasteiger partial charge in [0, 0.05) is 6.07 Å². The molecule has 0 fully saturated rings. The molecule has 0 saturated heterocycles. The van der Waals surface area contributed by atoms with Gasteiger partial charge in [0.25, 0.3) is 0 Å². The molecule has 0 spiro atoms. The van der Waals surface area contributed by atoms with Crippen molar-refractivity contribution in [3.8, 4) is 5.88 Å². The van der Waals surface area contributed by atoms with Gasteiger partial charge in [0.1, 0.15) is 5.82 Å². The summed E-state index contributed by atoms with van der Waals surface area (Å²) in [4.78, 5) is 4.25. The van der Waals surface area contributed by atoms with Crippen molar-refractivity contribution in [3.63, 3.8) is 0 Å². The molecule has 16 heavy (non-hydrogen) atoms. The molecule has 0 atom stereocenters. The van der Waals surface area contributed by atoms with E-state index in [4.69, 9.17) is 4.74 Å². The molecular weight excluding hydrogens is 204 g/mol. The first-order chi connectivity index (χ1) is 7.26. The maximum atomic E-state index is 10.0. The lowest BCUT2D eigenvalue weighted by atomic mass is 9.86. The van der Waals surface area contributed by atoms with Crippen molar-refractivity contribution in [2.75, 3.05) is 12.4 Å². The summed E-state index contributed by atoms with van der Waals surface area (Å²) < 4.78 is 5.04. The van der Waals surface area contributed by atoms with Gasteiger partial charge in [0.15, 0.2) is 0 Å². The molecule has 1 aromatic rings. The average Bonchev–Trinajstić information content (AvgIpc) is 2.15. The minimum absolute atomic E-state index is 0.480. The third kappa shape index (κ3) is 2.85. The first-order valence-electron chi connectivity index (χ1n) is 5.28. The summed E-state index contributed by atoms with van der Waals surface area (Å²) in [6.07, 6.45) is 0. The fourth-order valence-electron chi connectivity index (χ4n) is 1.07. The number of aromatic nitrogens is 1. The molecule has 0 aliphatic heterocycles. The molecule has 4 heteroatoms. The lowest BCUT2D eigenvalue weighted by molar-refractivity contribution is 0.0238. The lowest BCUT2D eigenvalue weighted by Gasteiger charge is -2.38. The molecule has 0 aliphatic carbocycles. The summed E-state index contributed by atoms with van der Waals surface area (Å²) in [5.41, 5.74) is -1.33. The SMILES string of the molecule is COc1cccc(NC(C)(C)C(C)(C)O)n1. The number of ether oxygens (including phenoxy) is 1. The number of nitrogens with zero attached hydrogens (tertiary/aromatic N) is 1. The Morgan fingerprint density at radius 2 is 1.88 bits per heavy atom. The van der Waals surface area contributed by atoms with Crippen LogP contribution in [0.2, 0.25) is 0 Å². The summed E-state index contributed by atoms with van der Waals surface area (Å²) in [5.74, 6) is 1.24. The average molecular weight is 224 g/mol. The number of rotatable bonds is 4. The second-order valence-electron chi connectivity index (χ2n) is 4.87. The first kappa shape index (κ1) is 12.8. The normalized spacial score (nSPS) is 12.4. The summed E-state index contributed by atoms with van der Waals surface area (Å²) in [6, 6.07) is 5.48. The van der Waals surface area contributed by atoms with Gasteiger partial charge in [0.05, 0.1) is 18.2 Å². The Kier molecular flexibility index (Phi) is 3.43. The zero-order valence-electron chi connectivity index (χ0n) is 10.5. The molecular formula is C12H20N2O2. The van der Waals surface area contributed by atoms with Crippen molar-refractivity contribution in [1.82, 2.24) is 4.98 Å². The molecule has 0 saturated carbocycles. The maximum Gasteiger partial charge on any atom is 0.214 e. The van der Waals surface area contributed by atoms with Crippen molar-refractivity contribution >= 4 is 5.82 Å². The predicted molar refractivity (Wildman–Crippen MR) is 64.8 cm³/mol. The van der Waals surface area contributed by atoms with Gasteiger partial charge >= 0.3 is 0 Å². The van der Waals surface area contributed by atoms with Crippen molar-refractivity contribution < 1.29 is 9.84 Å². The molecule has 2 N–H and O–H groups in total. The Hall–Kier alpha value is -1.29. The van der Waals surface area contributed by atoms with E-state index in [1.54, 1.807) is 27.0 Å². The minimum atomic E-state index is -0.849. The van der Waals surface area contributed by atoms with E-state index in [-0.39, 0.29) is 0 Å². The molecule has 0 aliphatic rings. The number of anilines is 1. The molecule has 4 nitrogen and oxygen atoms in total. The monoisotopic (exact) mass is 224 g/mol. The van der Waals surface area contributed by atoms with Gasteiger partial charge in [-0.05, 0) is 33.8 Å². The highest BCUT2D eigenvalue weighted by atomic mass is 16.5. The summed E-state index contributed by atoms with van der Waals surface area (Å²) in [7, 11) is 1.58. The minimum Gasteiger partial charge on any atom is -0.481 e. The highest BCUT2D eigenvalue weighted by Gasteiger charge is 2.35. The van der Waals surface area contributed by atoms with Gasteiger partial charge in [-0.25, -0.2) is 0 Å². The maximum absolute atomic E-state index is 10.0. The van der Waals surface area contributed by atoms with E-state index in [2.05, 4.69) is 10.3 Å². The first-order valence-corrected chi connectivity index (χ1v) is 5.28. The summed E-state index contributed by atoms with van der Waals surface area (Å²) in [6.45, 7) is 7.38. The Balaban J connectivity index is 2.88. The number of hydrogen-bond acceptors (Lipinski definition) is 4. The van der Waals surface area contributed by atoms with Gasteiger partial charge in [-0.1, -0.05) is 6.07 Å². The number of nitrogens with one attached hydrogen (secondary N) is 1. The van der Waals surface area contributed by atoms with Crippen molar-refractivity contribution in [2.24, 2.45) is 0 Å². The Bertz CT molecular complexity index is 356. The van der Waals surface area contributed by atoms with E-state index in [1.807, 2.05) is 26.0 Å². The van der Waals surface area contributed by atoms with E-state index in [0.717, 1.165) is 0 Å². The fourth-order valence-corrected chi connectivity index (χ4v) is 1.07. The second-order valence-corrected chi connectivity index (χ2v) is 4.87. The van der Waals surface area contributed by atoms with E-state index in [9.17, 15) is 5.11 Å². The van der Waals surface area contributed by atoms with E-state index in [0.29, 0.717) is 11.7 Å². The highest BCUT2D eigenvalue weighted by Crippen LogP contribution is 2.25. The quantitative estimate of drug-likeness (QED) is 0.822. The van der Waals surface area contributed by atoms with Gasteiger partial charge in [-0.2, -0.15) is 4.98 Å². The Morgan fingerprint density at radius 1 is 1.25 bits per heavy atom. The third-order valence-corrected chi connectivity index (χ3v) is 2.90. The summed E-state index contributed by atoms with van der Waals surface area (Å²) in [5, 5.41) is 13.2. The number of aliphatic hydroxyl groups is 1. The second kappa shape index (κ2) is 4.29. The smallest absolute Gasteiger partial charge is 0.214 e. The van der Waals surface area contributed by atoms with Crippen LogP contribution in [-0.2, 0) is 0 Å². The van der Waals surface area contributed by atoms with E-state index >= 15 is 0 Å². The van der Waals surface area contributed by atoms with Crippen LogP contribution in [0.1, 0.15) is 27.7 Å².